The zero-order chi connectivity index (χ0) is 11.5. The topological polar surface area (TPSA) is 83.6 Å². The maximum Gasteiger partial charge on any atom is 0.270 e. The number of aromatic nitrogens is 4. The lowest BCUT2D eigenvalue weighted by Crippen LogP contribution is -2.13. The molecule has 6 nitrogen and oxygen atoms in total. The molecule has 0 spiro atoms. The molecular weight excluding hydrogens is 226 g/mol. The Kier molecular flexibility index (Phi) is 2.95. The van der Waals surface area contributed by atoms with Crippen LogP contribution in [-0.4, -0.2) is 25.7 Å². The molecule has 0 aliphatic heterocycles. The smallest absolute Gasteiger partial charge is 0.270 e. The minimum atomic E-state index is -0.206. The number of nitrogens with zero attached hydrogens (tertiary/aromatic N) is 3. The molecule has 0 saturated carbocycles. The van der Waals surface area contributed by atoms with Gasteiger partial charge in [-0.3, -0.25) is 9.89 Å². The first kappa shape index (κ1) is 10.7. The monoisotopic (exact) mass is 237 g/mol. The summed E-state index contributed by atoms with van der Waals surface area (Å²) in [6.45, 7) is 3.95. The zero-order valence-electron chi connectivity index (χ0n) is 8.89. The fourth-order valence-electron chi connectivity index (χ4n) is 1.24. The Balaban J connectivity index is 2.18. The molecule has 16 heavy (non-hydrogen) atoms. The van der Waals surface area contributed by atoms with Crippen LogP contribution in [0.1, 0.15) is 35.1 Å². The summed E-state index contributed by atoms with van der Waals surface area (Å²) in [5.41, 5.74) is 0.724. The van der Waals surface area contributed by atoms with E-state index in [1.165, 1.54) is 0 Å². The van der Waals surface area contributed by atoms with Gasteiger partial charge in [-0.05, 0) is 17.5 Å². The van der Waals surface area contributed by atoms with Gasteiger partial charge >= 0.3 is 0 Å². The average molecular weight is 237 g/mol. The van der Waals surface area contributed by atoms with Crippen LogP contribution < -0.4 is 5.32 Å². The van der Waals surface area contributed by atoms with Gasteiger partial charge in [-0.25, -0.2) is 0 Å². The Bertz CT molecular complexity index is 476. The average Bonchev–Trinajstić information content (AvgIpc) is 2.86. The maximum absolute atomic E-state index is 11.9. The van der Waals surface area contributed by atoms with Gasteiger partial charge in [0.2, 0.25) is 0 Å². The molecular formula is C9H11N5OS. The van der Waals surface area contributed by atoms with Crippen LogP contribution in [0, 0.1) is 0 Å². The summed E-state index contributed by atoms with van der Waals surface area (Å²) in [4.78, 5) is 12.4. The zero-order valence-corrected chi connectivity index (χ0v) is 9.71. The molecule has 0 aromatic carbocycles. The molecule has 0 bridgehead atoms. The van der Waals surface area contributed by atoms with Gasteiger partial charge in [-0.2, -0.15) is 5.10 Å². The Morgan fingerprint density at radius 3 is 3.00 bits per heavy atom. The van der Waals surface area contributed by atoms with Crippen LogP contribution >= 0.6 is 11.5 Å². The van der Waals surface area contributed by atoms with Crippen LogP contribution in [-0.2, 0) is 0 Å². The minimum Gasteiger partial charge on any atom is -0.306 e. The summed E-state index contributed by atoms with van der Waals surface area (Å²) < 4.78 is 3.80. The SMILES string of the molecule is CC(C)c1nnsc1C(=O)Nc1ccn[nH]1. The standard InChI is InChI=1S/C9H11N5OS/c1-5(2)7-8(16-14-13-7)9(15)11-6-3-4-10-12-6/h3-5H,1-2H3,(H2,10,11,12,15). The summed E-state index contributed by atoms with van der Waals surface area (Å²) in [7, 11) is 0. The Morgan fingerprint density at radius 2 is 2.38 bits per heavy atom. The lowest BCUT2D eigenvalue weighted by Gasteiger charge is -2.03. The number of aromatic amines is 1. The normalized spacial score (nSPS) is 10.7. The number of nitrogens with one attached hydrogen (secondary N) is 2. The highest BCUT2D eigenvalue weighted by Gasteiger charge is 2.18. The predicted molar refractivity (Wildman–Crippen MR) is 60.5 cm³/mol. The van der Waals surface area contributed by atoms with Gasteiger partial charge in [-0.15, -0.1) is 5.10 Å². The first-order chi connectivity index (χ1) is 7.68. The highest BCUT2D eigenvalue weighted by atomic mass is 32.1. The highest BCUT2D eigenvalue weighted by Crippen LogP contribution is 2.20. The van der Waals surface area contributed by atoms with Gasteiger partial charge in [0.15, 0.2) is 0 Å². The van der Waals surface area contributed by atoms with Crippen LogP contribution in [0.5, 0.6) is 0 Å². The van der Waals surface area contributed by atoms with Crippen molar-refractivity contribution in [3.05, 3.63) is 22.8 Å². The van der Waals surface area contributed by atoms with Crippen molar-refractivity contribution in [2.75, 3.05) is 5.32 Å². The molecule has 0 radical (unpaired) electrons. The minimum absolute atomic E-state index is 0.182. The second-order valence-corrected chi connectivity index (χ2v) is 4.32. The molecule has 2 heterocycles. The first-order valence-corrected chi connectivity index (χ1v) is 5.59. The third kappa shape index (κ3) is 2.08. The molecule has 0 aliphatic carbocycles. The van der Waals surface area contributed by atoms with Crippen molar-refractivity contribution in [3.8, 4) is 0 Å². The van der Waals surface area contributed by atoms with Crippen molar-refractivity contribution in [3.63, 3.8) is 0 Å². The molecule has 0 fully saturated rings. The van der Waals surface area contributed by atoms with Gasteiger partial charge in [0, 0.05) is 6.07 Å². The van der Waals surface area contributed by atoms with E-state index in [4.69, 9.17) is 0 Å². The quantitative estimate of drug-likeness (QED) is 0.850. The molecule has 0 aliphatic rings. The van der Waals surface area contributed by atoms with Crippen molar-refractivity contribution in [2.45, 2.75) is 19.8 Å². The number of H-pyrrole nitrogens is 1. The molecule has 0 atom stereocenters. The Hall–Kier alpha value is -1.76. The number of carbonyl (C=O) groups excluding carboxylic acids is 1. The molecule has 1 amide bonds. The van der Waals surface area contributed by atoms with E-state index in [0.29, 0.717) is 10.7 Å². The largest absolute Gasteiger partial charge is 0.306 e. The van der Waals surface area contributed by atoms with Gasteiger partial charge < -0.3 is 5.32 Å². The number of hydrogen-bond acceptors (Lipinski definition) is 5. The van der Waals surface area contributed by atoms with Crippen LogP contribution in [0.25, 0.3) is 0 Å². The van der Waals surface area contributed by atoms with E-state index in [1.807, 2.05) is 13.8 Å². The van der Waals surface area contributed by atoms with Crippen LogP contribution in [0.4, 0.5) is 5.82 Å². The third-order valence-electron chi connectivity index (χ3n) is 2.02. The second kappa shape index (κ2) is 4.40. The van der Waals surface area contributed by atoms with E-state index in [0.717, 1.165) is 17.2 Å². The summed E-state index contributed by atoms with van der Waals surface area (Å²) >= 11 is 1.10. The van der Waals surface area contributed by atoms with E-state index in [-0.39, 0.29) is 11.8 Å². The lowest BCUT2D eigenvalue weighted by atomic mass is 10.1. The lowest BCUT2D eigenvalue weighted by molar-refractivity contribution is 0.102. The van der Waals surface area contributed by atoms with Crippen molar-refractivity contribution < 1.29 is 4.79 Å². The summed E-state index contributed by atoms with van der Waals surface area (Å²) in [5, 5.41) is 13.0. The molecule has 2 aromatic heterocycles. The predicted octanol–water partition coefficient (Wildman–Crippen LogP) is 1.64. The van der Waals surface area contributed by atoms with Crippen molar-refractivity contribution >= 4 is 23.3 Å². The van der Waals surface area contributed by atoms with E-state index in [1.54, 1.807) is 12.3 Å². The van der Waals surface area contributed by atoms with Gasteiger partial charge in [0.05, 0.1) is 11.9 Å². The number of amides is 1. The van der Waals surface area contributed by atoms with Crippen LogP contribution in [0.2, 0.25) is 0 Å². The fraction of sp³-hybridized carbons (Fsp3) is 0.333. The van der Waals surface area contributed by atoms with Gasteiger partial charge in [0.1, 0.15) is 10.7 Å². The van der Waals surface area contributed by atoms with E-state index in [2.05, 4.69) is 25.1 Å². The maximum atomic E-state index is 11.9. The molecule has 7 heteroatoms. The number of rotatable bonds is 3. The summed E-state index contributed by atoms with van der Waals surface area (Å²) in [6.07, 6.45) is 1.57. The molecule has 0 unspecified atom stereocenters. The van der Waals surface area contributed by atoms with Gasteiger partial charge in [0.25, 0.3) is 5.91 Å². The third-order valence-corrected chi connectivity index (χ3v) is 2.76. The molecule has 2 rings (SSSR count). The van der Waals surface area contributed by atoms with Crippen LogP contribution in [0.15, 0.2) is 12.3 Å². The molecule has 2 aromatic rings. The van der Waals surface area contributed by atoms with Crippen molar-refractivity contribution in [1.29, 1.82) is 0 Å². The molecule has 84 valence electrons. The van der Waals surface area contributed by atoms with E-state index in [9.17, 15) is 4.79 Å². The number of anilines is 1. The Labute approximate surface area is 96.2 Å². The van der Waals surface area contributed by atoms with E-state index >= 15 is 0 Å². The summed E-state index contributed by atoms with van der Waals surface area (Å²) in [5.74, 6) is 0.539. The summed E-state index contributed by atoms with van der Waals surface area (Å²) in [6, 6.07) is 1.68. The van der Waals surface area contributed by atoms with E-state index < -0.39 is 0 Å². The van der Waals surface area contributed by atoms with Gasteiger partial charge in [-0.1, -0.05) is 18.3 Å². The Morgan fingerprint density at radius 1 is 1.56 bits per heavy atom. The molecule has 2 N–H and O–H groups in total. The number of hydrogen-bond donors (Lipinski definition) is 2. The fourth-order valence-corrected chi connectivity index (χ4v) is 1.95. The second-order valence-electron chi connectivity index (χ2n) is 3.57. The van der Waals surface area contributed by atoms with Crippen LogP contribution in [0.3, 0.4) is 0 Å². The first-order valence-electron chi connectivity index (χ1n) is 4.81. The van der Waals surface area contributed by atoms with Crippen molar-refractivity contribution in [2.24, 2.45) is 0 Å². The van der Waals surface area contributed by atoms with Crippen molar-refractivity contribution in [1.82, 2.24) is 19.8 Å². The number of carbonyl (C=O) groups is 1. The molecule has 0 saturated heterocycles. The highest BCUT2D eigenvalue weighted by molar-refractivity contribution is 7.08.